The van der Waals surface area contributed by atoms with Crippen LogP contribution >= 0.6 is 23.2 Å². The van der Waals surface area contributed by atoms with Crippen molar-refractivity contribution in [3.8, 4) is 23.0 Å². The number of rotatable bonds is 12. The lowest BCUT2D eigenvalue weighted by atomic mass is 9.93. The third-order valence-corrected chi connectivity index (χ3v) is 15.1. The van der Waals surface area contributed by atoms with Gasteiger partial charge in [0.2, 0.25) is 11.1 Å². The smallest absolute Gasteiger partial charge is 0.346 e. The highest BCUT2D eigenvalue weighted by Crippen LogP contribution is 2.68. The lowest BCUT2D eigenvalue weighted by Gasteiger charge is -2.23. The summed E-state index contributed by atoms with van der Waals surface area (Å²) in [7, 11) is -8.47. The molecule has 3 aromatic heterocycles. The van der Waals surface area contributed by atoms with Crippen molar-refractivity contribution in [1.82, 2.24) is 29.9 Å². The van der Waals surface area contributed by atoms with E-state index in [4.69, 9.17) is 23.2 Å². The first-order valence-electron chi connectivity index (χ1n) is 19.4. The van der Waals surface area contributed by atoms with Gasteiger partial charge in [0.25, 0.3) is 5.92 Å². The Hall–Kier alpha value is -5.25. The second kappa shape index (κ2) is 16.8. The maximum atomic E-state index is 15.5. The summed E-state index contributed by atoms with van der Waals surface area (Å²) in [5, 5.41) is 4.71. The summed E-state index contributed by atoms with van der Waals surface area (Å²) in [5.74, 6) is -5.02. The fraction of sp³-hybridized carbons (Fsp3) is 0.390. The van der Waals surface area contributed by atoms with Crippen molar-refractivity contribution in [2.75, 3.05) is 12.5 Å². The maximum absolute atomic E-state index is 15.5. The van der Waals surface area contributed by atoms with Gasteiger partial charge < -0.3 is 5.32 Å². The average molecular weight is 1030 g/mol. The van der Waals surface area contributed by atoms with Gasteiger partial charge in [0.05, 0.1) is 28.0 Å². The highest BCUT2D eigenvalue weighted by Gasteiger charge is 2.68. The number of halogens is 12. The molecule has 1 N–H and O–H groups in total. The fourth-order valence-electron chi connectivity index (χ4n) is 7.97. The largest absolute Gasteiger partial charge is 0.435 e. The lowest BCUT2D eigenvalue weighted by molar-refractivity contribution is -0.143. The molecule has 0 saturated heterocycles. The Balaban J connectivity index is 1.48. The van der Waals surface area contributed by atoms with Crippen LogP contribution in [0.5, 0.6) is 0 Å². The Kier molecular flexibility index (Phi) is 12.4. The van der Waals surface area contributed by atoms with Crippen LogP contribution in [0, 0.1) is 29.4 Å². The van der Waals surface area contributed by atoms with E-state index in [0.717, 1.165) is 42.7 Å². The fourth-order valence-corrected chi connectivity index (χ4v) is 9.95. The van der Waals surface area contributed by atoms with E-state index in [9.17, 15) is 61.5 Å². The molecule has 12 nitrogen and oxygen atoms in total. The quantitative estimate of drug-likeness (QED) is 0.0739. The normalized spacial score (nSPS) is 17.9. The van der Waals surface area contributed by atoms with E-state index in [1.165, 1.54) is 13.8 Å². The van der Waals surface area contributed by atoms with Gasteiger partial charge in [-0.25, -0.2) is 30.6 Å². The third-order valence-electron chi connectivity index (χ3n) is 11.2. The Morgan fingerprint density at radius 3 is 2.12 bits per heavy atom. The second-order valence-corrected chi connectivity index (χ2v) is 22.1. The number of carbonyl (C=O) groups is 2. The Bertz CT molecular complexity index is 3180. The molecule has 0 aliphatic heterocycles. The van der Waals surface area contributed by atoms with Crippen molar-refractivity contribution in [2.24, 2.45) is 5.92 Å². The number of hydrogen-bond acceptors (Lipinski definition) is 9. The average Bonchev–Trinajstić information content (AvgIpc) is 3.68. The standard InChI is InChI=1S/C41H32Cl2F10N6O6S2/c1-38(2,67(4,64)65)10-9-21-5-6-22(23-7-8-26(42)30-32(34(37(43)61)66(3,62)63)56-59(33(23)30)17-39(46,47)48)31(54-21)27(13-18-11-19(44)14-20(45)12-18)55-28(60)16-58-36-29(35(57-58)41(51,52)53)24-15-25(24)40(36,49)50/h5-8,11-12,14,24-25,27,34H,13,15-17H2,1-4H3,(H,55,60)/t24-,25?,27-,34?/m0/s1. The van der Waals surface area contributed by atoms with Gasteiger partial charge in [-0.2, -0.15) is 45.3 Å². The third kappa shape index (κ3) is 9.74. The number of benzene rings is 2. The Labute approximate surface area is 383 Å². The van der Waals surface area contributed by atoms with E-state index in [2.05, 4.69) is 32.3 Å². The van der Waals surface area contributed by atoms with Gasteiger partial charge in [-0.15, -0.1) is 0 Å². The zero-order chi connectivity index (χ0) is 49.7. The molecule has 0 spiro atoms. The highest BCUT2D eigenvalue weighted by molar-refractivity contribution is 7.92. The minimum atomic E-state index is -5.21. The van der Waals surface area contributed by atoms with Gasteiger partial charge in [-0.05, 0) is 86.0 Å². The first-order valence-corrected chi connectivity index (χ1v) is 24.0. The molecule has 2 aromatic carbocycles. The van der Waals surface area contributed by atoms with Crippen LogP contribution < -0.4 is 5.32 Å². The van der Waals surface area contributed by atoms with E-state index < -0.39 is 152 Å². The summed E-state index contributed by atoms with van der Waals surface area (Å²) < 4.78 is 195. The van der Waals surface area contributed by atoms with Gasteiger partial charge in [0.15, 0.2) is 30.6 Å². The summed E-state index contributed by atoms with van der Waals surface area (Å²) in [4.78, 5) is 31.2. The molecule has 1 fully saturated rings. The van der Waals surface area contributed by atoms with Crippen molar-refractivity contribution >= 4 is 64.9 Å². The molecule has 0 bridgehead atoms. The van der Waals surface area contributed by atoms with Gasteiger partial charge in [0.1, 0.15) is 40.9 Å². The van der Waals surface area contributed by atoms with Crippen LogP contribution in [0.4, 0.5) is 43.9 Å². The van der Waals surface area contributed by atoms with Crippen molar-refractivity contribution in [1.29, 1.82) is 0 Å². The van der Waals surface area contributed by atoms with Crippen LogP contribution in [-0.4, -0.2) is 76.0 Å². The zero-order valence-electron chi connectivity index (χ0n) is 34.7. The summed E-state index contributed by atoms with van der Waals surface area (Å²) in [6, 6.07) is 4.82. The maximum Gasteiger partial charge on any atom is 0.435 e. The molecule has 1 saturated carbocycles. The highest BCUT2D eigenvalue weighted by atomic mass is 35.5. The van der Waals surface area contributed by atoms with Crippen molar-refractivity contribution in [3.05, 3.63) is 98.7 Å². The van der Waals surface area contributed by atoms with Crippen LogP contribution in [0.2, 0.25) is 5.02 Å². The predicted molar refractivity (Wildman–Crippen MR) is 221 cm³/mol. The van der Waals surface area contributed by atoms with E-state index in [-0.39, 0.29) is 38.2 Å². The molecule has 3 heterocycles. The minimum absolute atomic E-state index is 0.193. The van der Waals surface area contributed by atoms with Crippen LogP contribution in [0.3, 0.4) is 0 Å². The van der Waals surface area contributed by atoms with Crippen LogP contribution in [0.25, 0.3) is 22.0 Å². The first-order chi connectivity index (χ1) is 30.7. The van der Waals surface area contributed by atoms with E-state index in [0.29, 0.717) is 12.3 Å². The van der Waals surface area contributed by atoms with Crippen LogP contribution in [0.1, 0.15) is 77.1 Å². The SMILES string of the molecule is CC(C)(C#Cc1ccc(-c2ccc(Cl)c3c(C(C(=O)Cl)S(C)(=O)=O)nn(CC(F)(F)F)c23)c([C@H](Cc2cc(F)cc(F)c2)NC(=O)Cn2nc(C(F)(F)F)c3c2C(F)(F)C2C[C@H]32)n1)S(C)(=O)=O. The van der Waals surface area contributed by atoms with Crippen LogP contribution in [0.15, 0.2) is 42.5 Å². The number of hydrogen-bond donors (Lipinski definition) is 1. The number of sulfone groups is 2. The van der Waals surface area contributed by atoms with Gasteiger partial charge >= 0.3 is 12.4 Å². The van der Waals surface area contributed by atoms with Gasteiger partial charge in [-0.1, -0.05) is 23.6 Å². The van der Waals surface area contributed by atoms with Gasteiger partial charge in [-0.3, -0.25) is 19.0 Å². The summed E-state index contributed by atoms with van der Waals surface area (Å²) in [6.07, 6.45) is -9.82. The minimum Gasteiger partial charge on any atom is -0.346 e. The molecule has 5 aromatic rings. The summed E-state index contributed by atoms with van der Waals surface area (Å²) in [5.41, 5.74) is -6.58. The molecule has 2 aliphatic rings. The molecular formula is C41H32Cl2F10N6O6S2. The number of pyridine rings is 1. The number of nitrogens with one attached hydrogen (secondary N) is 1. The molecule has 67 heavy (non-hydrogen) atoms. The molecular weight excluding hydrogens is 998 g/mol. The van der Waals surface area contributed by atoms with E-state index in [1.807, 2.05) is 0 Å². The van der Waals surface area contributed by atoms with E-state index in [1.54, 1.807) is 0 Å². The number of fused-ring (bicyclic) bond motifs is 4. The van der Waals surface area contributed by atoms with Gasteiger partial charge in [0, 0.05) is 46.6 Å². The molecule has 1 amide bonds. The molecule has 7 rings (SSSR count). The molecule has 358 valence electrons. The van der Waals surface area contributed by atoms with Crippen LogP contribution in [-0.2, 0) is 60.9 Å². The number of carbonyl (C=O) groups excluding carboxylic acids is 2. The molecule has 0 radical (unpaired) electrons. The Morgan fingerprint density at radius 2 is 1.55 bits per heavy atom. The summed E-state index contributed by atoms with van der Waals surface area (Å²) >= 11 is 12.2. The zero-order valence-corrected chi connectivity index (χ0v) is 37.9. The summed E-state index contributed by atoms with van der Waals surface area (Å²) in [6.45, 7) is -0.756. The lowest BCUT2D eigenvalue weighted by Crippen LogP contribution is -2.35. The Morgan fingerprint density at radius 1 is 0.925 bits per heavy atom. The number of aromatic nitrogens is 5. The van der Waals surface area contributed by atoms with Crippen molar-refractivity contribution in [2.45, 2.75) is 80.0 Å². The first kappa shape index (κ1) is 49.6. The van der Waals surface area contributed by atoms with E-state index >= 15 is 8.78 Å². The molecule has 2 unspecified atom stereocenters. The number of amides is 1. The molecule has 2 aliphatic carbocycles. The second-order valence-electron chi connectivity index (χ2n) is 16.6. The van der Waals surface area contributed by atoms with Crippen molar-refractivity contribution < 1.29 is 70.3 Å². The number of alkyl halides is 8. The molecule has 26 heteroatoms. The topological polar surface area (TPSA) is 163 Å². The predicted octanol–water partition coefficient (Wildman–Crippen LogP) is 8.14. The monoisotopic (exact) mass is 1030 g/mol. The molecule has 4 atom stereocenters. The van der Waals surface area contributed by atoms with Crippen molar-refractivity contribution in [3.63, 3.8) is 0 Å². The number of nitrogens with zero attached hydrogens (tertiary/aromatic N) is 5.